The van der Waals surface area contributed by atoms with Crippen molar-refractivity contribution >= 4 is 61.6 Å². The van der Waals surface area contributed by atoms with Crippen molar-refractivity contribution in [3.05, 3.63) is 181 Å². The molecule has 4 nitrogen and oxygen atoms in total. The molecular weight excluding hydrogens is 635 g/mol. The fraction of sp³-hybridized carbons (Fsp3) is 0.0417. The van der Waals surface area contributed by atoms with Crippen LogP contribution in [0.2, 0.25) is 0 Å². The van der Waals surface area contributed by atoms with E-state index in [0.29, 0.717) is 0 Å². The summed E-state index contributed by atoms with van der Waals surface area (Å²) in [6.45, 7) is 0. The Kier molecular flexibility index (Phi) is 7.24. The predicted octanol–water partition coefficient (Wildman–Crippen LogP) is 13.3. The monoisotopic (exact) mass is 669 g/mol. The topological polar surface area (TPSA) is 42.1 Å². The number of nitrogens with zero attached hydrogens (tertiary/aromatic N) is 1. The lowest BCUT2D eigenvalue weighted by molar-refractivity contribution is 0.547. The zero-order valence-electron chi connectivity index (χ0n) is 28.5. The van der Waals surface area contributed by atoms with Crippen molar-refractivity contribution in [1.29, 1.82) is 0 Å². The Balaban J connectivity index is 1.06. The van der Waals surface area contributed by atoms with E-state index in [2.05, 4.69) is 191 Å². The summed E-state index contributed by atoms with van der Waals surface area (Å²) in [6, 6.07) is 58.0. The van der Waals surface area contributed by atoms with Crippen molar-refractivity contribution in [3.63, 3.8) is 0 Å². The smallest absolute Gasteiger partial charge is 0.144 e. The minimum atomic E-state index is 0.925. The quantitative estimate of drug-likeness (QED) is 0.177. The van der Waals surface area contributed by atoms with E-state index in [9.17, 15) is 0 Å². The minimum absolute atomic E-state index is 0.925. The molecule has 9 aromatic rings. The number of benzene rings is 7. The van der Waals surface area contributed by atoms with Crippen LogP contribution in [-0.4, -0.2) is 4.57 Å². The van der Waals surface area contributed by atoms with Gasteiger partial charge in [-0.1, -0.05) is 109 Å². The Morgan fingerprint density at radius 1 is 0.519 bits per heavy atom. The van der Waals surface area contributed by atoms with Crippen LogP contribution >= 0.6 is 0 Å². The van der Waals surface area contributed by atoms with Crippen molar-refractivity contribution in [2.45, 2.75) is 12.8 Å². The van der Waals surface area contributed by atoms with E-state index in [1.807, 2.05) is 0 Å². The fourth-order valence-electron chi connectivity index (χ4n) is 7.81. The maximum Gasteiger partial charge on any atom is 0.144 e. The molecule has 0 fully saturated rings. The van der Waals surface area contributed by atoms with Gasteiger partial charge in [0.1, 0.15) is 11.3 Å². The Bertz CT molecular complexity index is 2780. The second kappa shape index (κ2) is 12.5. The molecule has 0 spiro atoms. The molecule has 0 radical (unpaired) electrons. The number of hydrogen-bond acceptors (Lipinski definition) is 3. The summed E-state index contributed by atoms with van der Waals surface area (Å²) in [4.78, 5) is 0. The molecule has 0 saturated carbocycles. The van der Waals surface area contributed by atoms with E-state index in [4.69, 9.17) is 4.42 Å². The highest BCUT2D eigenvalue weighted by Crippen LogP contribution is 2.43. The largest absolute Gasteiger partial charge is 0.460 e. The number of allylic oxidation sites excluding steroid dienone is 1. The van der Waals surface area contributed by atoms with Gasteiger partial charge in [0.05, 0.1) is 16.7 Å². The Morgan fingerprint density at radius 2 is 1.17 bits per heavy atom. The van der Waals surface area contributed by atoms with Crippen LogP contribution in [-0.2, 0) is 6.42 Å². The average molecular weight is 670 g/mol. The summed E-state index contributed by atoms with van der Waals surface area (Å²) < 4.78 is 8.96. The molecule has 0 aliphatic heterocycles. The second-order valence-corrected chi connectivity index (χ2v) is 13.4. The maximum atomic E-state index is 6.61. The first-order chi connectivity index (χ1) is 25.8. The number of aryl methyl sites for hydroxylation is 1. The molecular formula is C48H35N3O. The number of rotatable bonds is 7. The number of furan rings is 1. The summed E-state index contributed by atoms with van der Waals surface area (Å²) >= 11 is 0. The van der Waals surface area contributed by atoms with Gasteiger partial charge in [0.2, 0.25) is 0 Å². The Labute approximate surface area is 302 Å². The van der Waals surface area contributed by atoms with Crippen molar-refractivity contribution in [3.8, 4) is 27.9 Å². The predicted molar refractivity (Wildman–Crippen MR) is 218 cm³/mol. The van der Waals surface area contributed by atoms with Gasteiger partial charge in [-0.05, 0) is 84.3 Å². The van der Waals surface area contributed by atoms with E-state index in [1.54, 1.807) is 0 Å². The average Bonchev–Trinajstić information content (AvgIpc) is 3.75. The van der Waals surface area contributed by atoms with Crippen molar-refractivity contribution in [2.75, 3.05) is 10.6 Å². The second-order valence-electron chi connectivity index (χ2n) is 13.4. The molecule has 0 atom stereocenters. The Morgan fingerprint density at radius 3 is 2.00 bits per heavy atom. The zero-order valence-corrected chi connectivity index (χ0v) is 28.5. The summed E-state index contributed by atoms with van der Waals surface area (Å²) in [5, 5.41) is 11.2. The van der Waals surface area contributed by atoms with Gasteiger partial charge >= 0.3 is 0 Å². The summed E-state index contributed by atoms with van der Waals surface area (Å²) in [5.74, 6) is 1.07. The molecule has 7 aromatic carbocycles. The molecule has 52 heavy (non-hydrogen) atoms. The highest BCUT2D eigenvalue weighted by atomic mass is 16.3. The SMILES string of the molecule is C1=Cc2c(oc3c(-c4ccccc4)c(Nc4ccc(Nc5ccc6c(c5)c5ccccc5n6-c5ccccc5)c(-c5ccccc5)c4)ccc23)CC1. The lowest BCUT2D eigenvalue weighted by Gasteiger charge is -2.17. The van der Waals surface area contributed by atoms with Crippen molar-refractivity contribution in [1.82, 2.24) is 4.57 Å². The van der Waals surface area contributed by atoms with Crippen molar-refractivity contribution in [2.24, 2.45) is 0 Å². The zero-order chi connectivity index (χ0) is 34.4. The summed E-state index contributed by atoms with van der Waals surface area (Å²) in [7, 11) is 0. The van der Waals surface area contributed by atoms with E-state index in [0.717, 1.165) is 80.3 Å². The molecule has 2 aromatic heterocycles. The number of hydrogen-bond donors (Lipinski definition) is 2. The Hall–Kier alpha value is -6.78. The van der Waals surface area contributed by atoms with Crippen LogP contribution in [0.1, 0.15) is 17.7 Å². The first kappa shape index (κ1) is 30.1. The van der Waals surface area contributed by atoms with E-state index in [1.165, 1.54) is 27.4 Å². The molecule has 0 saturated heterocycles. The molecule has 1 aliphatic carbocycles. The molecule has 248 valence electrons. The molecule has 10 rings (SSSR count). The molecule has 0 unspecified atom stereocenters. The first-order valence-corrected chi connectivity index (χ1v) is 17.9. The minimum Gasteiger partial charge on any atom is -0.460 e. The first-order valence-electron chi connectivity index (χ1n) is 17.9. The fourth-order valence-corrected chi connectivity index (χ4v) is 7.81. The lowest BCUT2D eigenvalue weighted by Crippen LogP contribution is -1.98. The third-order valence-electron chi connectivity index (χ3n) is 10.2. The van der Waals surface area contributed by atoms with Gasteiger partial charge in [-0.3, -0.25) is 0 Å². The number of fused-ring (bicyclic) bond motifs is 6. The van der Waals surface area contributed by atoms with Gasteiger partial charge < -0.3 is 19.6 Å². The third-order valence-corrected chi connectivity index (χ3v) is 10.2. The van der Waals surface area contributed by atoms with E-state index >= 15 is 0 Å². The van der Waals surface area contributed by atoms with Crippen LogP contribution in [0.4, 0.5) is 22.7 Å². The molecule has 0 bridgehead atoms. The number of anilines is 4. The summed E-state index contributed by atoms with van der Waals surface area (Å²) in [5.41, 5.74) is 14.2. The van der Waals surface area contributed by atoms with Gasteiger partial charge in [0, 0.05) is 62.0 Å². The molecule has 2 N–H and O–H groups in total. The van der Waals surface area contributed by atoms with Crippen LogP contribution in [0.3, 0.4) is 0 Å². The highest BCUT2D eigenvalue weighted by Gasteiger charge is 2.21. The van der Waals surface area contributed by atoms with Crippen LogP contribution < -0.4 is 10.6 Å². The number of nitrogens with one attached hydrogen (secondary N) is 2. The molecule has 0 amide bonds. The van der Waals surface area contributed by atoms with Crippen LogP contribution in [0.5, 0.6) is 0 Å². The van der Waals surface area contributed by atoms with Crippen LogP contribution in [0, 0.1) is 0 Å². The third kappa shape index (κ3) is 5.16. The molecule has 4 heteroatoms. The van der Waals surface area contributed by atoms with Gasteiger partial charge in [0.25, 0.3) is 0 Å². The normalized spacial score (nSPS) is 12.4. The molecule has 1 aliphatic rings. The summed E-state index contributed by atoms with van der Waals surface area (Å²) in [6.07, 6.45) is 6.39. The van der Waals surface area contributed by atoms with E-state index in [-0.39, 0.29) is 0 Å². The van der Waals surface area contributed by atoms with Gasteiger partial charge in [-0.15, -0.1) is 0 Å². The molecule has 2 heterocycles. The number of para-hydroxylation sites is 2. The number of aromatic nitrogens is 1. The highest BCUT2D eigenvalue weighted by molar-refractivity contribution is 6.10. The van der Waals surface area contributed by atoms with Crippen LogP contribution in [0.15, 0.2) is 174 Å². The van der Waals surface area contributed by atoms with Gasteiger partial charge in [-0.2, -0.15) is 0 Å². The standard InChI is InChI=1S/C48H35N3O/c1-4-14-32(15-5-1)40-30-34(50-43-28-26-39-38-21-11-13-23-46(38)52-48(39)47(43)33-16-6-2-7-17-33)24-27-42(40)49-35-25-29-45-41(31-35)37-20-10-12-22-44(37)51(45)36-18-8-3-9-19-36/h1-12,14-22,24-31,49-50H,13,23H2. The lowest BCUT2D eigenvalue weighted by atomic mass is 9.97. The van der Waals surface area contributed by atoms with E-state index < -0.39 is 0 Å². The van der Waals surface area contributed by atoms with Gasteiger partial charge in [0.15, 0.2) is 0 Å². The van der Waals surface area contributed by atoms with Gasteiger partial charge in [-0.25, -0.2) is 0 Å². The van der Waals surface area contributed by atoms with Crippen LogP contribution in [0.25, 0.3) is 66.8 Å². The maximum absolute atomic E-state index is 6.61. The van der Waals surface area contributed by atoms with Crippen molar-refractivity contribution < 1.29 is 4.42 Å².